The summed E-state index contributed by atoms with van der Waals surface area (Å²) in [7, 11) is 0. The predicted molar refractivity (Wildman–Crippen MR) is 115 cm³/mol. The van der Waals surface area contributed by atoms with E-state index in [1.165, 1.54) is 21.9 Å². The first-order valence-corrected chi connectivity index (χ1v) is 10.6. The minimum Gasteiger partial charge on any atom is -0.321 e. The molecule has 1 saturated heterocycles. The molecule has 0 aliphatic carbocycles. The van der Waals surface area contributed by atoms with Crippen molar-refractivity contribution in [1.29, 1.82) is 0 Å². The molecule has 1 atom stereocenters. The van der Waals surface area contributed by atoms with Crippen LogP contribution < -0.4 is 20.0 Å². The second-order valence-electron chi connectivity index (χ2n) is 7.78. The van der Waals surface area contributed by atoms with Gasteiger partial charge in [0.1, 0.15) is 32.0 Å². The lowest BCUT2D eigenvalue weighted by Crippen LogP contribution is -3.30. The number of nitrogens with zero attached hydrogens (tertiary/aromatic N) is 1. The van der Waals surface area contributed by atoms with Gasteiger partial charge in [0.25, 0.3) is 11.8 Å². The van der Waals surface area contributed by atoms with E-state index in [2.05, 4.69) is 5.32 Å². The number of quaternary nitrogens is 2. The molecule has 0 radical (unpaired) electrons. The van der Waals surface area contributed by atoms with Crippen molar-refractivity contribution in [3.8, 4) is 0 Å². The van der Waals surface area contributed by atoms with Gasteiger partial charge in [-0.1, -0.05) is 18.2 Å². The van der Waals surface area contributed by atoms with E-state index >= 15 is 0 Å². The maximum absolute atomic E-state index is 13.1. The Balaban J connectivity index is 1.48. The van der Waals surface area contributed by atoms with E-state index < -0.39 is 0 Å². The predicted octanol–water partition coefficient (Wildman–Crippen LogP) is -0.0108. The summed E-state index contributed by atoms with van der Waals surface area (Å²) in [6, 6.07) is 15.4. The van der Waals surface area contributed by atoms with Crippen molar-refractivity contribution in [2.24, 2.45) is 0 Å². The quantitative estimate of drug-likeness (QED) is 0.597. The second-order valence-corrected chi connectivity index (χ2v) is 7.78. The molecule has 3 N–H and O–H groups in total. The molecule has 7 heteroatoms. The Morgan fingerprint density at radius 2 is 1.67 bits per heavy atom. The van der Waals surface area contributed by atoms with Gasteiger partial charge >= 0.3 is 0 Å². The number of para-hydroxylation sites is 1. The summed E-state index contributed by atoms with van der Waals surface area (Å²) < 4.78 is 13.0. The van der Waals surface area contributed by atoms with Crippen LogP contribution in [0.3, 0.4) is 0 Å². The number of likely N-dealkylation sites (N-methyl/N-ethyl adjacent to an activating group) is 1. The zero-order chi connectivity index (χ0) is 21.5. The molecule has 2 aromatic rings. The van der Waals surface area contributed by atoms with Crippen molar-refractivity contribution in [1.82, 2.24) is 0 Å². The lowest BCUT2D eigenvalue weighted by molar-refractivity contribution is -1.01. The molecule has 30 heavy (non-hydrogen) atoms. The number of nitrogens with one attached hydrogen (secondary N) is 3. The van der Waals surface area contributed by atoms with E-state index in [9.17, 15) is 14.0 Å². The lowest BCUT2D eigenvalue weighted by atomic mass is 10.1. The van der Waals surface area contributed by atoms with Crippen LogP contribution in [0, 0.1) is 5.82 Å². The Hall–Kier alpha value is -2.77. The molecule has 1 aliphatic heterocycles. The first kappa shape index (κ1) is 21.9. The van der Waals surface area contributed by atoms with Crippen LogP contribution >= 0.6 is 0 Å². The molecule has 1 fully saturated rings. The summed E-state index contributed by atoms with van der Waals surface area (Å²) >= 11 is 0. The minimum atomic E-state index is -0.324. The summed E-state index contributed by atoms with van der Waals surface area (Å²) in [4.78, 5) is 29.7. The van der Waals surface area contributed by atoms with E-state index in [0.29, 0.717) is 18.8 Å². The Bertz CT molecular complexity index is 836. The summed E-state index contributed by atoms with van der Waals surface area (Å²) in [6.07, 6.45) is 0. The molecule has 1 aliphatic rings. The number of anilines is 2. The molecule has 2 aromatic carbocycles. The van der Waals surface area contributed by atoms with Gasteiger partial charge in [0.05, 0.1) is 0 Å². The fourth-order valence-corrected chi connectivity index (χ4v) is 3.98. The number of benzene rings is 2. The van der Waals surface area contributed by atoms with Crippen LogP contribution in [0.25, 0.3) is 0 Å². The number of carbonyl (C=O) groups is 2. The number of hydrogen-bond donors (Lipinski definition) is 3. The summed E-state index contributed by atoms with van der Waals surface area (Å²) in [5.41, 5.74) is 1.53. The lowest BCUT2D eigenvalue weighted by Gasteiger charge is -2.34. The third kappa shape index (κ3) is 5.64. The molecular weight excluding hydrogens is 383 g/mol. The van der Waals surface area contributed by atoms with Crippen molar-refractivity contribution in [2.75, 3.05) is 49.5 Å². The summed E-state index contributed by atoms with van der Waals surface area (Å²) in [5, 5.41) is 2.82. The standard InChI is InChI=1S/C23H29FN4O2/c1-3-28(21-7-5-4-6-8-21)23(30)18(2)27-15-13-26(14-16-27)17-22(29)25-20-11-9-19(24)10-12-20/h4-12,18H,3,13-17H2,1-2H3,(H,25,29)/p+2/t18-/m1/s1. The van der Waals surface area contributed by atoms with E-state index in [1.807, 2.05) is 49.1 Å². The van der Waals surface area contributed by atoms with Gasteiger partial charge in [-0.15, -0.1) is 0 Å². The summed E-state index contributed by atoms with van der Waals surface area (Å²) in [5.74, 6) is -0.267. The van der Waals surface area contributed by atoms with Gasteiger partial charge in [0.15, 0.2) is 12.6 Å². The molecule has 0 spiro atoms. The maximum Gasteiger partial charge on any atom is 0.284 e. The van der Waals surface area contributed by atoms with Gasteiger partial charge < -0.3 is 20.0 Å². The SMILES string of the molecule is CCN(C(=O)[C@@H](C)[NH+]1CC[NH+](CC(=O)Nc2ccc(F)cc2)CC1)c1ccccc1. The molecular formula is C23H31FN4O2+2. The van der Waals surface area contributed by atoms with Gasteiger partial charge in [0.2, 0.25) is 0 Å². The van der Waals surface area contributed by atoms with Gasteiger partial charge in [-0.2, -0.15) is 0 Å². The van der Waals surface area contributed by atoms with E-state index in [0.717, 1.165) is 31.9 Å². The van der Waals surface area contributed by atoms with Crippen LogP contribution in [0.4, 0.5) is 15.8 Å². The van der Waals surface area contributed by atoms with E-state index in [1.54, 1.807) is 12.1 Å². The molecule has 3 rings (SSSR count). The van der Waals surface area contributed by atoms with Crippen molar-refractivity contribution < 1.29 is 23.8 Å². The molecule has 0 aromatic heterocycles. The highest BCUT2D eigenvalue weighted by Crippen LogP contribution is 2.13. The first-order valence-electron chi connectivity index (χ1n) is 10.6. The highest BCUT2D eigenvalue weighted by Gasteiger charge is 2.34. The third-order valence-corrected chi connectivity index (χ3v) is 5.77. The Kier molecular flexibility index (Phi) is 7.54. The zero-order valence-electron chi connectivity index (χ0n) is 17.7. The number of amides is 2. The first-order chi connectivity index (χ1) is 14.5. The van der Waals surface area contributed by atoms with Crippen molar-refractivity contribution in [3.05, 3.63) is 60.4 Å². The second kappa shape index (κ2) is 10.3. The number of rotatable bonds is 7. The van der Waals surface area contributed by atoms with Crippen molar-refractivity contribution in [2.45, 2.75) is 19.9 Å². The molecule has 1 heterocycles. The molecule has 6 nitrogen and oxygen atoms in total. The van der Waals surface area contributed by atoms with Crippen LogP contribution in [0.15, 0.2) is 54.6 Å². The summed E-state index contributed by atoms with van der Waals surface area (Å²) in [6.45, 7) is 8.36. The fraction of sp³-hybridized carbons (Fsp3) is 0.391. The van der Waals surface area contributed by atoms with Crippen molar-refractivity contribution in [3.63, 3.8) is 0 Å². The van der Waals surface area contributed by atoms with E-state index in [4.69, 9.17) is 0 Å². The number of carbonyl (C=O) groups excluding carboxylic acids is 2. The largest absolute Gasteiger partial charge is 0.321 e. The van der Waals surface area contributed by atoms with Crippen LogP contribution in [0.1, 0.15) is 13.8 Å². The minimum absolute atomic E-state index is 0.0783. The number of halogens is 1. The maximum atomic E-state index is 13.1. The van der Waals surface area contributed by atoms with Crippen LogP contribution in [0.5, 0.6) is 0 Å². The van der Waals surface area contributed by atoms with Crippen molar-refractivity contribution >= 4 is 23.2 Å². The molecule has 0 bridgehead atoms. The Morgan fingerprint density at radius 1 is 1.03 bits per heavy atom. The smallest absolute Gasteiger partial charge is 0.284 e. The topological polar surface area (TPSA) is 58.3 Å². The van der Waals surface area contributed by atoms with Crippen LogP contribution in [0.2, 0.25) is 0 Å². The van der Waals surface area contributed by atoms with Gasteiger partial charge in [0, 0.05) is 17.9 Å². The van der Waals surface area contributed by atoms with Gasteiger partial charge in [-0.3, -0.25) is 9.59 Å². The monoisotopic (exact) mass is 414 g/mol. The third-order valence-electron chi connectivity index (χ3n) is 5.77. The van der Waals surface area contributed by atoms with Gasteiger partial charge in [-0.25, -0.2) is 4.39 Å². The normalized spacial score (nSPS) is 19.7. The number of hydrogen-bond acceptors (Lipinski definition) is 2. The fourth-order valence-electron chi connectivity index (χ4n) is 3.98. The number of piperazine rings is 1. The Labute approximate surface area is 177 Å². The van der Waals surface area contributed by atoms with Crippen LogP contribution in [-0.2, 0) is 9.59 Å². The van der Waals surface area contributed by atoms with E-state index in [-0.39, 0.29) is 23.7 Å². The van der Waals surface area contributed by atoms with Crippen LogP contribution in [-0.4, -0.2) is 57.1 Å². The zero-order valence-corrected chi connectivity index (χ0v) is 17.7. The average Bonchev–Trinajstić information content (AvgIpc) is 2.76. The molecule has 0 unspecified atom stereocenters. The molecule has 0 saturated carbocycles. The highest BCUT2D eigenvalue weighted by atomic mass is 19.1. The average molecular weight is 415 g/mol. The van der Waals surface area contributed by atoms with Gasteiger partial charge in [-0.05, 0) is 50.2 Å². The molecule has 160 valence electrons. The highest BCUT2D eigenvalue weighted by molar-refractivity contribution is 5.96. The Morgan fingerprint density at radius 3 is 2.27 bits per heavy atom. The molecule has 2 amide bonds.